The van der Waals surface area contributed by atoms with Crippen LogP contribution < -0.4 is 5.32 Å². The van der Waals surface area contributed by atoms with E-state index in [0.717, 1.165) is 0 Å². The van der Waals surface area contributed by atoms with Crippen LogP contribution in [-0.2, 0) is 4.79 Å². The zero-order chi connectivity index (χ0) is 15.3. The Bertz CT molecular complexity index is 506. The van der Waals surface area contributed by atoms with Crippen molar-refractivity contribution in [3.05, 3.63) is 27.5 Å². The minimum atomic E-state index is -0.613. The summed E-state index contributed by atoms with van der Waals surface area (Å²) >= 11 is 9.11. The van der Waals surface area contributed by atoms with Crippen molar-refractivity contribution < 1.29 is 9.59 Å². The van der Waals surface area contributed by atoms with Crippen molar-refractivity contribution in [1.82, 2.24) is 15.2 Å². The molecule has 2 amide bonds. The van der Waals surface area contributed by atoms with Crippen LogP contribution in [0.1, 0.15) is 31.1 Å². The van der Waals surface area contributed by atoms with Gasteiger partial charge in [0, 0.05) is 23.8 Å². The normalized spacial score (nSPS) is 11.8. The zero-order valence-electron chi connectivity index (χ0n) is 11.6. The number of nitrogens with one attached hydrogen (secondary N) is 1. The smallest absolute Gasteiger partial charge is 0.255 e. The van der Waals surface area contributed by atoms with Gasteiger partial charge in [-0.1, -0.05) is 11.6 Å². The molecule has 0 fully saturated rings. The van der Waals surface area contributed by atoms with Gasteiger partial charge in [0.15, 0.2) is 0 Å². The molecule has 0 aliphatic carbocycles. The summed E-state index contributed by atoms with van der Waals surface area (Å²) in [6, 6.07) is 0.955. The number of carbonyl (C=O) groups excluding carboxylic acids is 2. The number of nitrogens with zero attached hydrogens (tertiary/aromatic N) is 2. The maximum Gasteiger partial charge on any atom is 0.255 e. The SMILES string of the molecule is CCN(CC)C(=O)C(C)NC(=O)c1cc(Br)cnc1Cl. The molecule has 0 saturated carbocycles. The van der Waals surface area contributed by atoms with Crippen LogP contribution in [-0.4, -0.2) is 40.8 Å². The van der Waals surface area contributed by atoms with Crippen molar-refractivity contribution in [3.8, 4) is 0 Å². The molecule has 1 N–H and O–H groups in total. The number of amides is 2. The molecule has 1 aromatic rings. The van der Waals surface area contributed by atoms with E-state index in [-0.39, 0.29) is 16.6 Å². The van der Waals surface area contributed by atoms with Crippen LogP contribution in [0.5, 0.6) is 0 Å². The third kappa shape index (κ3) is 4.18. The first-order chi connectivity index (χ1) is 9.40. The van der Waals surface area contributed by atoms with E-state index in [4.69, 9.17) is 11.6 Å². The molecular weight excluding hydrogens is 346 g/mol. The Morgan fingerprint density at radius 1 is 1.45 bits per heavy atom. The lowest BCUT2D eigenvalue weighted by Gasteiger charge is -2.23. The second kappa shape index (κ2) is 7.59. The zero-order valence-corrected chi connectivity index (χ0v) is 14.0. The molecule has 0 aliphatic rings. The highest BCUT2D eigenvalue weighted by molar-refractivity contribution is 9.10. The van der Waals surface area contributed by atoms with E-state index in [2.05, 4.69) is 26.2 Å². The molecule has 0 aromatic carbocycles. The number of halogens is 2. The number of likely N-dealkylation sites (N-methyl/N-ethyl adjacent to an activating group) is 1. The fraction of sp³-hybridized carbons (Fsp3) is 0.462. The largest absolute Gasteiger partial charge is 0.341 e. The van der Waals surface area contributed by atoms with Gasteiger partial charge in [0.05, 0.1) is 5.56 Å². The summed E-state index contributed by atoms with van der Waals surface area (Å²) in [5, 5.41) is 2.74. The van der Waals surface area contributed by atoms with Crippen molar-refractivity contribution in [2.75, 3.05) is 13.1 Å². The van der Waals surface area contributed by atoms with Crippen molar-refractivity contribution in [2.24, 2.45) is 0 Å². The van der Waals surface area contributed by atoms with Gasteiger partial charge in [0.25, 0.3) is 5.91 Å². The molecule has 0 radical (unpaired) electrons. The van der Waals surface area contributed by atoms with E-state index in [1.807, 2.05) is 13.8 Å². The van der Waals surface area contributed by atoms with Gasteiger partial charge in [-0.2, -0.15) is 0 Å². The highest BCUT2D eigenvalue weighted by Gasteiger charge is 2.22. The monoisotopic (exact) mass is 361 g/mol. The molecule has 1 unspecified atom stereocenters. The van der Waals surface area contributed by atoms with Crippen molar-refractivity contribution in [2.45, 2.75) is 26.8 Å². The van der Waals surface area contributed by atoms with E-state index in [9.17, 15) is 9.59 Å². The van der Waals surface area contributed by atoms with E-state index in [1.54, 1.807) is 17.9 Å². The molecule has 0 saturated heterocycles. The number of aromatic nitrogens is 1. The van der Waals surface area contributed by atoms with Crippen LogP contribution in [0.2, 0.25) is 5.15 Å². The van der Waals surface area contributed by atoms with Gasteiger partial charge in [0.2, 0.25) is 5.91 Å². The summed E-state index contributed by atoms with van der Waals surface area (Å²) in [7, 11) is 0. The molecule has 0 aliphatic heterocycles. The molecule has 0 bridgehead atoms. The van der Waals surface area contributed by atoms with E-state index < -0.39 is 11.9 Å². The second-order valence-corrected chi connectivity index (χ2v) is 5.47. The lowest BCUT2D eigenvalue weighted by atomic mass is 10.2. The van der Waals surface area contributed by atoms with Crippen LogP contribution >= 0.6 is 27.5 Å². The molecular formula is C13H17BrClN3O2. The van der Waals surface area contributed by atoms with Crippen LogP contribution in [0, 0.1) is 0 Å². The Kier molecular flexibility index (Phi) is 6.42. The van der Waals surface area contributed by atoms with Gasteiger partial charge in [-0.25, -0.2) is 4.98 Å². The van der Waals surface area contributed by atoms with Gasteiger partial charge >= 0.3 is 0 Å². The summed E-state index contributed by atoms with van der Waals surface area (Å²) in [6.07, 6.45) is 1.50. The third-order valence-corrected chi connectivity index (χ3v) is 3.58. The molecule has 110 valence electrons. The number of hydrogen-bond donors (Lipinski definition) is 1. The summed E-state index contributed by atoms with van der Waals surface area (Å²) in [5.74, 6) is -0.542. The number of pyridine rings is 1. The highest BCUT2D eigenvalue weighted by atomic mass is 79.9. The predicted molar refractivity (Wildman–Crippen MR) is 81.8 cm³/mol. The fourth-order valence-corrected chi connectivity index (χ4v) is 2.25. The lowest BCUT2D eigenvalue weighted by Crippen LogP contribution is -2.46. The molecule has 20 heavy (non-hydrogen) atoms. The maximum atomic E-state index is 12.1. The first-order valence-electron chi connectivity index (χ1n) is 6.31. The van der Waals surface area contributed by atoms with E-state index >= 15 is 0 Å². The summed E-state index contributed by atoms with van der Waals surface area (Å²) in [4.78, 5) is 29.7. The molecule has 1 aromatic heterocycles. The second-order valence-electron chi connectivity index (χ2n) is 4.20. The average Bonchev–Trinajstić information content (AvgIpc) is 2.42. The highest BCUT2D eigenvalue weighted by Crippen LogP contribution is 2.18. The fourth-order valence-electron chi connectivity index (χ4n) is 1.73. The molecule has 0 spiro atoms. The third-order valence-electron chi connectivity index (χ3n) is 2.84. The Morgan fingerprint density at radius 2 is 2.05 bits per heavy atom. The Labute approximate surface area is 131 Å². The topological polar surface area (TPSA) is 62.3 Å². The predicted octanol–water partition coefficient (Wildman–Crippen LogP) is 2.48. The minimum Gasteiger partial charge on any atom is -0.341 e. The number of hydrogen-bond acceptors (Lipinski definition) is 3. The van der Waals surface area contributed by atoms with Crippen molar-refractivity contribution in [3.63, 3.8) is 0 Å². The summed E-state index contributed by atoms with van der Waals surface area (Å²) in [5.41, 5.74) is 0.236. The van der Waals surface area contributed by atoms with E-state index in [1.165, 1.54) is 6.20 Å². The van der Waals surface area contributed by atoms with Gasteiger partial charge < -0.3 is 10.2 Å². The van der Waals surface area contributed by atoms with Gasteiger partial charge in [0.1, 0.15) is 11.2 Å². The number of carbonyl (C=O) groups is 2. The standard InChI is InChI=1S/C13H17BrClN3O2/c1-4-18(5-2)13(20)8(3)17-12(19)10-6-9(14)7-16-11(10)15/h6-8H,4-5H2,1-3H3,(H,17,19). The maximum absolute atomic E-state index is 12.1. The van der Waals surface area contributed by atoms with Crippen LogP contribution in [0.25, 0.3) is 0 Å². The van der Waals surface area contributed by atoms with Crippen LogP contribution in [0.4, 0.5) is 0 Å². The summed E-state index contributed by atoms with van der Waals surface area (Å²) in [6.45, 7) is 6.65. The summed E-state index contributed by atoms with van der Waals surface area (Å²) < 4.78 is 0.648. The van der Waals surface area contributed by atoms with E-state index in [0.29, 0.717) is 17.6 Å². The van der Waals surface area contributed by atoms with Crippen LogP contribution in [0.15, 0.2) is 16.7 Å². The van der Waals surface area contributed by atoms with Gasteiger partial charge in [-0.15, -0.1) is 0 Å². The first kappa shape index (κ1) is 16.9. The van der Waals surface area contributed by atoms with Crippen molar-refractivity contribution in [1.29, 1.82) is 0 Å². The quantitative estimate of drug-likeness (QED) is 0.819. The van der Waals surface area contributed by atoms with Gasteiger partial charge in [-0.05, 0) is 42.8 Å². The average molecular weight is 363 g/mol. The molecule has 1 atom stereocenters. The number of rotatable bonds is 5. The van der Waals surface area contributed by atoms with Crippen LogP contribution in [0.3, 0.4) is 0 Å². The molecule has 1 rings (SSSR count). The van der Waals surface area contributed by atoms with Gasteiger partial charge in [-0.3, -0.25) is 9.59 Å². The lowest BCUT2D eigenvalue weighted by molar-refractivity contribution is -0.132. The van der Waals surface area contributed by atoms with Crippen molar-refractivity contribution >= 4 is 39.3 Å². The Balaban J connectivity index is 2.80. The minimum absolute atomic E-state index is 0.105. The first-order valence-corrected chi connectivity index (χ1v) is 7.48. The Morgan fingerprint density at radius 3 is 2.60 bits per heavy atom. The molecule has 1 heterocycles. The molecule has 7 heteroatoms. The Hall–Kier alpha value is -1.14. The molecule has 5 nitrogen and oxygen atoms in total.